The molecule has 106 valence electrons. The number of benzene rings is 1. The van der Waals surface area contributed by atoms with Gasteiger partial charge in [0.25, 0.3) is 0 Å². The highest BCUT2D eigenvalue weighted by molar-refractivity contribution is 5.81. The molecule has 2 rings (SSSR count). The zero-order chi connectivity index (χ0) is 14.5. The van der Waals surface area contributed by atoms with Gasteiger partial charge >= 0.3 is 5.97 Å². The SMILES string of the molecule is Cc1cccc(N2C=CN(/C=C\C(=O)OC(C)C)N2)c1. The van der Waals surface area contributed by atoms with E-state index in [4.69, 9.17) is 4.74 Å². The molecule has 1 aliphatic heterocycles. The van der Waals surface area contributed by atoms with Crippen molar-refractivity contribution in [1.82, 2.24) is 10.5 Å². The van der Waals surface area contributed by atoms with E-state index in [9.17, 15) is 4.79 Å². The van der Waals surface area contributed by atoms with Gasteiger partial charge in [0.1, 0.15) is 0 Å². The van der Waals surface area contributed by atoms with E-state index < -0.39 is 0 Å². The van der Waals surface area contributed by atoms with Gasteiger partial charge in [0.15, 0.2) is 0 Å². The van der Waals surface area contributed by atoms with Crippen molar-refractivity contribution in [2.75, 3.05) is 5.01 Å². The summed E-state index contributed by atoms with van der Waals surface area (Å²) in [5.74, 6) is -0.357. The minimum Gasteiger partial charge on any atom is -0.460 e. The van der Waals surface area contributed by atoms with Gasteiger partial charge in [-0.1, -0.05) is 12.1 Å². The van der Waals surface area contributed by atoms with Crippen LogP contribution < -0.4 is 10.5 Å². The van der Waals surface area contributed by atoms with Gasteiger partial charge in [-0.25, -0.2) is 4.79 Å². The standard InChI is InChI=1S/C15H19N3O2/c1-12(2)20-15(19)7-8-17-9-10-18(16-17)14-6-4-5-13(3)11-14/h4-12,16H,1-3H3/b8-7-. The van der Waals surface area contributed by atoms with Crippen molar-refractivity contribution in [1.29, 1.82) is 0 Å². The van der Waals surface area contributed by atoms with Crippen LogP contribution in [0, 0.1) is 6.92 Å². The maximum absolute atomic E-state index is 11.4. The number of nitrogens with one attached hydrogen (secondary N) is 1. The van der Waals surface area contributed by atoms with E-state index in [1.165, 1.54) is 11.6 Å². The summed E-state index contributed by atoms with van der Waals surface area (Å²) in [6, 6.07) is 8.11. The molecular weight excluding hydrogens is 254 g/mol. The lowest BCUT2D eigenvalue weighted by molar-refractivity contribution is -0.141. The molecule has 1 N–H and O–H groups in total. The van der Waals surface area contributed by atoms with Crippen molar-refractivity contribution in [2.45, 2.75) is 26.9 Å². The van der Waals surface area contributed by atoms with Crippen LogP contribution in [0.15, 0.2) is 48.9 Å². The molecule has 20 heavy (non-hydrogen) atoms. The number of anilines is 1. The molecule has 5 heteroatoms. The van der Waals surface area contributed by atoms with Crippen LogP contribution in [-0.2, 0) is 9.53 Å². The third-order valence-electron chi connectivity index (χ3n) is 2.60. The Morgan fingerprint density at radius 2 is 2.15 bits per heavy atom. The maximum Gasteiger partial charge on any atom is 0.332 e. The molecule has 0 atom stereocenters. The summed E-state index contributed by atoms with van der Waals surface area (Å²) < 4.78 is 5.02. The molecule has 0 bridgehead atoms. The minimum atomic E-state index is -0.357. The first kappa shape index (κ1) is 14.1. The zero-order valence-corrected chi connectivity index (χ0v) is 11.9. The number of carbonyl (C=O) groups excluding carboxylic acids is 1. The van der Waals surface area contributed by atoms with E-state index in [2.05, 4.69) is 11.6 Å². The Bertz CT molecular complexity index is 538. The number of esters is 1. The summed E-state index contributed by atoms with van der Waals surface area (Å²) in [6.07, 6.45) is 6.60. The summed E-state index contributed by atoms with van der Waals surface area (Å²) in [5, 5.41) is 3.55. The first-order valence-corrected chi connectivity index (χ1v) is 6.52. The van der Waals surface area contributed by atoms with Gasteiger partial charge in [-0.3, -0.25) is 10.0 Å². The molecule has 1 aromatic carbocycles. The minimum absolute atomic E-state index is 0.113. The summed E-state index contributed by atoms with van der Waals surface area (Å²) >= 11 is 0. The third kappa shape index (κ3) is 3.86. The van der Waals surface area contributed by atoms with Crippen LogP contribution in [0.3, 0.4) is 0 Å². The highest BCUT2D eigenvalue weighted by Gasteiger charge is 2.11. The van der Waals surface area contributed by atoms with Crippen molar-refractivity contribution >= 4 is 11.7 Å². The Labute approximate surface area is 119 Å². The second kappa shape index (κ2) is 6.25. The van der Waals surface area contributed by atoms with Crippen LogP contribution in [0.25, 0.3) is 0 Å². The summed E-state index contributed by atoms with van der Waals surface area (Å²) in [4.78, 5) is 11.4. The fraction of sp³-hybridized carbons (Fsp3) is 0.267. The number of rotatable bonds is 4. The van der Waals surface area contributed by atoms with Gasteiger partial charge in [-0.05, 0) is 38.5 Å². The van der Waals surface area contributed by atoms with Gasteiger partial charge in [0.05, 0.1) is 11.8 Å². The van der Waals surface area contributed by atoms with Crippen molar-refractivity contribution in [3.8, 4) is 0 Å². The fourth-order valence-corrected chi connectivity index (χ4v) is 1.75. The van der Waals surface area contributed by atoms with Gasteiger partial charge in [-0.2, -0.15) is 0 Å². The van der Waals surface area contributed by atoms with Crippen LogP contribution in [0.2, 0.25) is 0 Å². The average molecular weight is 273 g/mol. The molecule has 1 aromatic rings. The smallest absolute Gasteiger partial charge is 0.332 e. The Balaban J connectivity index is 1.92. The molecule has 0 saturated carbocycles. The molecule has 1 heterocycles. The van der Waals surface area contributed by atoms with E-state index in [1.807, 2.05) is 56.4 Å². The number of carbonyl (C=O) groups is 1. The molecule has 0 radical (unpaired) electrons. The highest BCUT2D eigenvalue weighted by atomic mass is 16.5. The van der Waals surface area contributed by atoms with Crippen LogP contribution in [-0.4, -0.2) is 17.1 Å². The normalized spacial score (nSPS) is 14.6. The van der Waals surface area contributed by atoms with Gasteiger partial charge in [-0.15, -0.1) is 5.53 Å². The number of nitrogens with zero attached hydrogens (tertiary/aromatic N) is 2. The number of aryl methyl sites for hydroxylation is 1. The fourth-order valence-electron chi connectivity index (χ4n) is 1.75. The Hall–Kier alpha value is -2.27. The Morgan fingerprint density at radius 3 is 2.85 bits per heavy atom. The Kier molecular flexibility index (Phi) is 4.42. The molecule has 0 unspecified atom stereocenters. The zero-order valence-electron chi connectivity index (χ0n) is 11.9. The summed E-state index contributed by atoms with van der Waals surface area (Å²) in [5.41, 5.74) is 5.32. The van der Waals surface area contributed by atoms with E-state index in [0.29, 0.717) is 0 Å². The van der Waals surface area contributed by atoms with Gasteiger partial charge in [0.2, 0.25) is 0 Å². The first-order chi connectivity index (χ1) is 9.54. The molecule has 0 aliphatic carbocycles. The molecule has 0 fully saturated rings. The second-order valence-corrected chi connectivity index (χ2v) is 4.82. The number of ether oxygens (including phenoxy) is 1. The Morgan fingerprint density at radius 1 is 1.35 bits per heavy atom. The largest absolute Gasteiger partial charge is 0.460 e. The molecule has 0 aromatic heterocycles. The maximum atomic E-state index is 11.4. The number of hydrazine groups is 2. The molecule has 1 aliphatic rings. The van der Waals surface area contributed by atoms with Gasteiger partial charge < -0.3 is 4.74 Å². The lowest BCUT2D eigenvalue weighted by Crippen LogP contribution is -2.36. The van der Waals surface area contributed by atoms with Crippen molar-refractivity contribution in [3.63, 3.8) is 0 Å². The van der Waals surface area contributed by atoms with Crippen molar-refractivity contribution < 1.29 is 9.53 Å². The molecule has 0 spiro atoms. The molecular formula is C15H19N3O2. The van der Waals surface area contributed by atoms with Crippen LogP contribution in [0.4, 0.5) is 5.69 Å². The number of hydrogen-bond donors (Lipinski definition) is 1. The highest BCUT2D eigenvalue weighted by Crippen LogP contribution is 2.17. The lowest BCUT2D eigenvalue weighted by Gasteiger charge is -2.20. The van der Waals surface area contributed by atoms with Crippen LogP contribution in [0.1, 0.15) is 19.4 Å². The predicted molar refractivity (Wildman–Crippen MR) is 78.1 cm³/mol. The predicted octanol–water partition coefficient (Wildman–Crippen LogP) is 2.47. The number of hydrogen-bond acceptors (Lipinski definition) is 5. The van der Waals surface area contributed by atoms with E-state index in [-0.39, 0.29) is 12.1 Å². The summed E-state index contributed by atoms with van der Waals surface area (Å²) in [7, 11) is 0. The monoisotopic (exact) mass is 273 g/mol. The second-order valence-electron chi connectivity index (χ2n) is 4.82. The molecule has 5 nitrogen and oxygen atoms in total. The lowest BCUT2D eigenvalue weighted by atomic mass is 10.2. The van der Waals surface area contributed by atoms with Gasteiger partial charge in [0, 0.05) is 24.7 Å². The van der Waals surface area contributed by atoms with Crippen LogP contribution in [0.5, 0.6) is 0 Å². The third-order valence-corrected chi connectivity index (χ3v) is 2.60. The van der Waals surface area contributed by atoms with E-state index >= 15 is 0 Å². The molecule has 0 amide bonds. The average Bonchev–Trinajstić information content (AvgIpc) is 2.84. The van der Waals surface area contributed by atoms with Crippen LogP contribution >= 0.6 is 0 Å². The van der Waals surface area contributed by atoms with Crippen molar-refractivity contribution in [3.05, 3.63) is 54.5 Å². The van der Waals surface area contributed by atoms with Crippen molar-refractivity contribution in [2.24, 2.45) is 0 Å². The van der Waals surface area contributed by atoms with E-state index in [1.54, 1.807) is 11.2 Å². The topological polar surface area (TPSA) is 44.8 Å². The summed E-state index contributed by atoms with van der Waals surface area (Å²) in [6.45, 7) is 5.68. The molecule has 0 saturated heterocycles. The van der Waals surface area contributed by atoms with E-state index in [0.717, 1.165) is 5.69 Å². The quantitative estimate of drug-likeness (QED) is 0.674. The first-order valence-electron chi connectivity index (χ1n) is 6.52.